The summed E-state index contributed by atoms with van der Waals surface area (Å²) >= 11 is 0. The van der Waals surface area contributed by atoms with Crippen LogP contribution in [0.4, 0.5) is 0 Å². The number of hydrogen-bond acceptors (Lipinski definition) is 8. The molecule has 0 unspecified atom stereocenters. The SMILES string of the molecule is COc1ccc(CO[C@@H]2/C=C/C(=O)O[C@@H](C)C/C=C/C(=O)O[C@H](C)CC(=O)O[C@H]2C)cc1. The molecule has 0 bridgehead atoms. The maximum atomic E-state index is 12.3. The Hall–Kier alpha value is -3.13. The van der Waals surface area contributed by atoms with Crippen molar-refractivity contribution in [3.8, 4) is 5.75 Å². The molecule has 1 aliphatic heterocycles. The van der Waals surface area contributed by atoms with E-state index in [2.05, 4.69) is 0 Å². The second-order valence-corrected chi connectivity index (χ2v) is 7.51. The molecule has 1 aliphatic rings. The predicted molar refractivity (Wildman–Crippen MR) is 116 cm³/mol. The molecule has 1 aromatic carbocycles. The molecular formula is C24H30O8. The molecule has 174 valence electrons. The van der Waals surface area contributed by atoms with Crippen LogP contribution in [0.3, 0.4) is 0 Å². The lowest BCUT2D eigenvalue weighted by Gasteiger charge is -2.23. The average Bonchev–Trinajstić information content (AvgIpc) is 2.73. The van der Waals surface area contributed by atoms with Crippen molar-refractivity contribution in [1.29, 1.82) is 0 Å². The number of methoxy groups -OCH3 is 1. The normalized spacial score (nSPS) is 27.6. The van der Waals surface area contributed by atoms with Gasteiger partial charge in [-0.2, -0.15) is 0 Å². The average molecular weight is 446 g/mol. The molecule has 0 amide bonds. The van der Waals surface area contributed by atoms with Crippen LogP contribution in [0.25, 0.3) is 0 Å². The Morgan fingerprint density at radius 3 is 2.25 bits per heavy atom. The summed E-state index contributed by atoms with van der Waals surface area (Å²) in [7, 11) is 1.59. The summed E-state index contributed by atoms with van der Waals surface area (Å²) in [4.78, 5) is 36.3. The first-order chi connectivity index (χ1) is 15.3. The van der Waals surface area contributed by atoms with Gasteiger partial charge in [-0.15, -0.1) is 0 Å². The lowest BCUT2D eigenvalue weighted by atomic mass is 10.2. The van der Waals surface area contributed by atoms with Gasteiger partial charge in [0.15, 0.2) is 0 Å². The molecule has 0 aliphatic carbocycles. The van der Waals surface area contributed by atoms with E-state index in [1.807, 2.05) is 24.3 Å². The van der Waals surface area contributed by atoms with Crippen molar-refractivity contribution in [2.24, 2.45) is 0 Å². The van der Waals surface area contributed by atoms with Crippen LogP contribution in [0.1, 0.15) is 39.2 Å². The van der Waals surface area contributed by atoms with E-state index < -0.39 is 42.3 Å². The number of carbonyl (C=O) groups is 3. The van der Waals surface area contributed by atoms with Crippen LogP contribution >= 0.6 is 0 Å². The number of benzene rings is 1. The van der Waals surface area contributed by atoms with Gasteiger partial charge in [0, 0.05) is 18.6 Å². The molecular weight excluding hydrogens is 416 g/mol. The second-order valence-electron chi connectivity index (χ2n) is 7.51. The van der Waals surface area contributed by atoms with Crippen LogP contribution in [-0.4, -0.2) is 49.4 Å². The van der Waals surface area contributed by atoms with E-state index in [4.69, 9.17) is 23.7 Å². The van der Waals surface area contributed by atoms with Gasteiger partial charge in [0.05, 0.1) is 20.1 Å². The van der Waals surface area contributed by atoms with Crippen molar-refractivity contribution in [2.45, 2.75) is 64.6 Å². The highest BCUT2D eigenvalue weighted by Crippen LogP contribution is 2.16. The number of carbonyl (C=O) groups excluding carboxylic acids is 3. The Bertz CT molecular complexity index is 827. The lowest BCUT2D eigenvalue weighted by Crippen LogP contribution is -2.31. The minimum Gasteiger partial charge on any atom is -0.497 e. The van der Waals surface area contributed by atoms with Crippen molar-refractivity contribution >= 4 is 17.9 Å². The van der Waals surface area contributed by atoms with E-state index in [1.165, 1.54) is 18.2 Å². The number of esters is 3. The van der Waals surface area contributed by atoms with Crippen molar-refractivity contribution < 1.29 is 38.1 Å². The predicted octanol–water partition coefficient (Wildman–Crippen LogP) is 3.28. The summed E-state index contributed by atoms with van der Waals surface area (Å²) in [5.74, 6) is -0.964. The third-order valence-electron chi connectivity index (χ3n) is 4.61. The molecule has 0 saturated carbocycles. The van der Waals surface area contributed by atoms with E-state index in [-0.39, 0.29) is 13.0 Å². The smallest absolute Gasteiger partial charge is 0.330 e. The minimum absolute atomic E-state index is 0.0999. The van der Waals surface area contributed by atoms with Crippen molar-refractivity contribution in [3.63, 3.8) is 0 Å². The number of rotatable bonds is 4. The molecule has 0 spiro atoms. The third-order valence-corrected chi connectivity index (χ3v) is 4.61. The van der Waals surface area contributed by atoms with Crippen LogP contribution in [0, 0.1) is 0 Å². The highest BCUT2D eigenvalue weighted by molar-refractivity contribution is 5.83. The van der Waals surface area contributed by atoms with Crippen LogP contribution < -0.4 is 4.74 Å². The number of cyclic esters (lactones) is 3. The zero-order valence-corrected chi connectivity index (χ0v) is 18.8. The molecule has 0 aromatic heterocycles. The molecule has 8 nitrogen and oxygen atoms in total. The minimum atomic E-state index is -0.699. The fourth-order valence-electron chi connectivity index (χ4n) is 2.91. The maximum Gasteiger partial charge on any atom is 0.330 e. The van der Waals surface area contributed by atoms with E-state index in [0.717, 1.165) is 11.3 Å². The summed E-state index contributed by atoms with van der Waals surface area (Å²) in [5, 5.41) is 0. The molecule has 32 heavy (non-hydrogen) atoms. The lowest BCUT2D eigenvalue weighted by molar-refractivity contribution is -0.159. The quantitative estimate of drug-likeness (QED) is 0.513. The van der Waals surface area contributed by atoms with E-state index in [1.54, 1.807) is 34.0 Å². The van der Waals surface area contributed by atoms with Crippen molar-refractivity contribution in [1.82, 2.24) is 0 Å². The zero-order chi connectivity index (χ0) is 23.5. The van der Waals surface area contributed by atoms with Gasteiger partial charge >= 0.3 is 17.9 Å². The first-order valence-electron chi connectivity index (χ1n) is 10.5. The van der Waals surface area contributed by atoms with Crippen LogP contribution in [0.2, 0.25) is 0 Å². The monoisotopic (exact) mass is 446 g/mol. The number of hydrogen-bond donors (Lipinski definition) is 0. The fraction of sp³-hybridized carbons (Fsp3) is 0.458. The fourth-order valence-corrected chi connectivity index (χ4v) is 2.91. The van der Waals surface area contributed by atoms with E-state index in [9.17, 15) is 14.4 Å². The zero-order valence-electron chi connectivity index (χ0n) is 18.8. The Morgan fingerprint density at radius 2 is 1.56 bits per heavy atom. The Kier molecular flexibility index (Phi) is 9.94. The molecule has 2 rings (SSSR count). The van der Waals surface area contributed by atoms with Gasteiger partial charge in [0.2, 0.25) is 0 Å². The van der Waals surface area contributed by atoms with Gasteiger partial charge in [-0.05, 0) is 44.5 Å². The summed E-state index contributed by atoms with van der Waals surface area (Å²) in [5.41, 5.74) is 0.883. The van der Waals surface area contributed by atoms with Gasteiger partial charge in [-0.25, -0.2) is 9.59 Å². The highest BCUT2D eigenvalue weighted by atomic mass is 16.6. The van der Waals surface area contributed by atoms with E-state index >= 15 is 0 Å². The Morgan fingerprint density at radius 1 is 0.906 bits per heavy atom. The summed E-state index contributed by atoms with van der Waals surface area (Å²) < 4.78 is 27.0. The maximum absolute atomic E-state index is 12.3. The summed E-state index contributed by atoms with van der Waals surface area (Å²) in [6.45, 7) is 5.22. The molecule has 8 heteroatoms. The molecule has 0 radical (unpaired) electrons. The number of ether oxygens (including phenoxy) is 5. The second kappa shape index (κ2) is 12.7. The van der Waals surface area contributed by atoms with Crippen molar-refractivity contribution in [3.05, 3.63) is 54.1 Å². The van der Waals surface area contributed by atoms with Gasteiger partial charge in [0.1, 0.15) is 30.2 Å². The largest absolute Gasteiger partial charge is 0.497 e. The summed E-state index contributed by atoms with van der Waals surface area (Å²) in [6, 6.07) is 7.34. The molecule has 0 saturated heterocycles. The Balaban J connectivity index is 2.13. The standard InChI is InChI=1S/C24H30O8/c1-16-6-5-7-22(25)31-17(2)14-24(27)32-18(3)21(12-13-23(26)30-16)29-15-19-8-10-20(28-4)11-9-19/h5,7-13,16-18,21H,6,14-15H2,1-4H3/b7-5+,13-12+/t16-,17+,18-,21+/m0/s1. The van der Waals surface area contributed by atoms with Crippen LogP contribution in [-0.2, 0) is 39.9 Å². The van der Waals surface area contributed by atoms with E-state index in [0.29, 0.717) is 6.42 Å². The van der Waals surface area contributed by atoms with Crippen LogP contribution in [0.15, 0.2) is 48.6 Å². The molecule has 0 fully saturated rings. The molecule has 0 N–H and O–H groups in total. The first-order valence-corrected chi connectivity index (χ1v) is 10.5. The molecule has 4 atom stereocenters. The molecule has 1 heterocycles. The van der Waals surface area contributed by atoms with Gasteiger partial charge in [-0.1, -0.05) is 18.2 Å². The first kappa shape index (κ1) is 25.1. The van der Waals surface area contributed by atoms with Crippen LogP contribution in [0.5, 0.6) is 5.75 Å². The van der Waals surface area contributed by atoms with Gasteiger partial charge < -0.3 is 23.7 Å². The highest BCUT2D eigenvalue weighted by Gasteiger charge is 2.23. The third kappa shape index (κ3) is 8.93. The summed E-state index contributed by atoms with van der Waals surface area (Å²) in [6.07, 6.45) is 3.35. The molecule has 1 aromatic rings. The van der Waals surface area contributed by atoms with Gasteiger partial charge in [0.25, 0.3) is 0 Å². The van der Waals surface area contributed by atoms with Crippen molar-refractivity contribution in [2.75, 3.05) is 7.11 Å². The van der Waals surface area contributed by atoms with Gasteiger partial charge in [-0.3, -0.25) is 4.79 Å². The Labute approximate surface area is 188 Å². The topological polar surface area (TPSA) is 97.4 Å².